The second-order valence-corrected chi connectivity index (χ2v) is 11.0. The van der Waals surface area contributed by atoms with Crippen LogP contribution in [0.1, 0.15) is 39.7 Å². The van der Waals surface area contributed by atoms with Crippen molar-refractivity contribution in [3.63, 3.8) is 0 Å². The van der Waals surface area contributed by atoms with E-state index in [1.54, 1.807) is 23.2 Å². The number of fused-ring (bicyclic) bond motifs is 1. The van der Waals surface area contributed by atoms with Crippen molar-refractivity contribution in [1.82, 2.24) is 24.6 Å². The van der Waals surface area contributed by atoms with E-state index in [1.165, 1.54) is 18.6 Å². The molecule has 0 aliphatic carbocycles. The van der Waals surface area contributed by atoms with Gasteiger partial charge in [0.2, 0.25) is 0 Å². The minimum absolute atomic E-state index is 0.0717. The maximum Gasteiger partial charge on any atom is 0.409 e. The van der Waals surface area contributed by atoms with Gasteiger partial charge in [-0.2, -0.15) is 5.10 Å². The van der Waals surface area contributed by atoms with E-state index >= 15 is 0 Å². The fourth-order valence-corrected chi connectivity index (χ4v) is 4.32. The van der Waals surface area contributed by atoms with Crippen molar-refractivity contribution in [2.75, 3.05) is 31.3 Å². The van der Waals surface area contributed by atoms with E-state index in [0.29, 0.717) is 41.4 Å². The van der Waals surface area contributed by atoms with Gasteiger partial charge in [0.1, 0.15) is 18.0 Å². The number of nitrogens with zero attached hydrogens (tertiary/aromatic N) is 5. The highest BCUT2D eigenvalue weighted by molar-refractivity contribution is 7.84. The van der Waals surface area contributed by atoms with Gasteiger partial charge < -0.3 is 15.0 Å². The van der Waals surface area contributed by atoms with E-state index in [-0.39, 0.29) is 23.2 Å². The maximum absolute atomic E-state index is 14.5. The number of benzene rings is 1. The predicted molar refractivity (Wildman–Crippen MR) is 128 cm³/mol. The normalized spacial score (nSPS) is 16.0. The summed E-state index contributed by atoms with van der Waals surface area (Å²) in [6.45, 7) is 7.59. The monoisotopic (exact) mass is 488 g/mol. The van der Waals surface area contributed by atoms with Crippen molar-refractivity contribution in [1.29, 1.82) is 0 Å². The van der Waals surface area contributed by atoms with E-state index in [9.17, 15) is 13.4 Å². The minimum atomic E-state index is -1.27. The number of carbonyl (C=O) groups excluding carboxylic acids is 1. The summed E-state index contributed by atoms with van der Waals surface area (Å²) < 4.78 is 33.4. The smallest absolute Gasteiger partial charge is 0.409 e. The van der Waals surface area contributed by atoms with E-state index in [4.69, 9.17) is 4.74 Å². The van der Waals surface area contributed by atoms with Crippen molar-refractivity contribution in [3.05, 3.63) is 36.5 Å². The largest absolute Gasteiger partial charge is 0.449 e. The first kappa shape index (κ1) is 24.1. The molecule has 0 radical (unpaired) electrons. The standard InChI is InChI=1S/C23H29FN6O3S/c1-23(2,3)13-33-22(31)29-9-7-15(8-10-29)30-21-17(12-27-30)20(25-14-26-21)28-19-6-5-16(34(4)32)11-18(19)24/h5-6,11-12,14-15H,7-10,13H2,1-4H3,(H,25,26,28). The van der Waals surface area contributed by atoms with Crippen LogP contribution >= 0.6 is 0 Å². The molecule has 1 aliphatic rings. The van der Waals surface area contributed by atoms with E-state index in [1.807, 2.05) is 25.5 Å². The zero-order chi connectivity index (χ0) is 24.5. The summed E-state index contributed by atoms with van der Waals surface area (Å²) in [7, 11) is -1.27. The summed E-state index contributed by atoms with van der Waals surface area (Å²) in [4.78, 5) is 23.2. The lowest BCUT2D eigenvalue weighted by Gasteiger charge is -2.32. The molecule has 0 saturated carbocycles. The molecule has 3 aromatic rings. The van der Waals surface area contributed by atoms with Gasteiger partial charge in [-0.1, -0.05) is 20.8 Å². The number of amides is 1. The molecule has 1 aliphatic heterocycles. The van der Waals surface area contributed by atoms with Gasteiger partial charge in [-0.05, 0) is 36.5 Å². The first-order valence-corrected chi connectivity index (χ1v) is 12.7. The molecule has 11 heteroatoms. The van der Waals surface area contributed by atoms with Gasteiger partial charge in [0, 0.05) is 35.0 Å². The molecule has 9 nitrogen and oxygen atoms in total. The van der Waals surface area contributed by atoms with Gasteiger partial charge in [0.25, 0.3) is 0 Å². The zero-order valence-electron chi connectivity index (χ0n) is 19.7. The van der Waals surface area contributed by atoms with Crippen LogP contribution in [-0.2, 0) is 15.5 Å². The third-order valence-electron chi connectivity index (χ3n) is 5.61. The van der Waals surface area contributed by atoms with E-state index in [0.717, 1.165) is 12.8 Å². The van der Waals surface area contributed by atoms with Gasteiger partial charge in [-0.25, -0.2) is 23.8 Å². The third kappa shape index (κ3) is 5.35. The highest BCUT2D eigenvalue weighted by atomic mass is 32.2. The molecule has 1 atom stereocenters. The Kier molecular flexibility index (Phi) is 6.83. The Bertz CT molecular complexity index is 1220. The number of carbonyl (C=O) groups is 1. The Morgan fingerprint density at radius 2 is 2.00 bits per heavy atom. The molecule has 1 amide bonds. The molecule has 1 unspecified atom stereocenters. The molecule has 0 bridgehead atoms. The Hall–Kier alpha value is -3.08. The van der Waals surface area contributed by atoms with Gasteiger partial charge in [0.15, 0.2) is 5.65 Å². The molecule has 4 rings (SSSR count). The summed E-state index contributed by atoms with van der Waals surface area (Å²) >= 11 is 0. The second-order valence-electron chi connectivity index (χ2n) is 9.60. The lowest BCUT2D eigenvalue weighted by atomic mass is 9.99. The minimum Gasteiger partial charge on any atom is -0.449 e. The first-order valence-electron chi connectivity index (χ1n) is 11.1. The number of rotatable bonds is 5. The molecule has 1 fully saturated rings. The summed E-state index contributed by atoms with van der Waals surface area (Å²) in [5.74, 6) is -0.0821. The molecule has 0 spiro atoms. The Morgan fingerprint density at radius 1 is 1.26 bits per heavy atom. The van der Waals surface area contributed by atoms with Crippen LogP contribution in [0.3, 0.4) is 0 Å². The third-order valence-corrected chi connectivity index (χ3v) is 6.53. The van der Waals surface area contributed by atoms with Crippen LogP contribution < -0.4 is 5.32 Å². The van der Waals surface area contributed by atoms with Crippen LogP contribution in [0.5, 0.6) is 0 Å². The van der Waals surface area contributed by atoms with Gasteiger partial charge in [0.05, 0.1) is 29.9 Å². The Morgan fingerprint density at radius 3 is 2.65 bits per heavy atom. The summed E-state index contributed by atoms with van der Waals surface area (Å²) in [5, 5.41) is 8.19. The van der Waals surface area contributed by atoms with Crippen molar-refractivity contribution in [2.45, 2.75) is 44.6 Å². The molecule has 182 valence electrons. The number of hydrogen-bond acceptors (Lipinski definition) is 7. The van der Waals surface area contributed by atoms with Gasteiger partial charge >= 0.3 is 6.09 Å². The van der Waals surface area contributed by atoms with Crippen LogP contribution in [-0.4, -0.2) is 60.9 Å². The average molecular weight is 489 g/mol. The zero-order valence-corrected chi connectivity index (χ0v) is 20.6. The van der Waals surface area contributed by atoms with E-state index in [2.05, 4.69) is 20.4 Å². The van der Waals surface area contributed by atoms with Crippen molar-refractivity contribution < 1.29 is 18.1 Å². The molecule has 34 heavy (non-hydrogen) atoms. The number of likely N-dealkylation sites (tertiary alicyclic amines) is 1. The summed E-state index contributed by atoms with van der Waals surface area (Å²) in [6.07, 6.45) is 5.73. The quantitative estimate of drug-likeness (QED) is 0.572. The van der Waals surface area contributed by atoms with Crippen LogP contribution in [0.25, 0.3) is 11.0 Å². The van der Waals surface area contributed by atoms with Crippen LogP contribution in [0.2, 0.25) is 0 Å². The lowest BCUT2D eigenvalue weighted by Crippen LogP contribution is -2.40. The number of piperidine rings is 1. The van der Waals surface area contributed by atoms with Gasteiger partial charge in [-0.15, -0.1) is 0 Å². The Balaban J connectivity index is 1.46. The molecule has 3 heterocycles. The van der Waals surface area contributed by atoms with Gasteiger partial charge in [-0.3, -0.25) is 4.21 Å². The topological polar surface area (TPSA) is 102 Å². The van der Waals surface area contributed by atoms with Crippen molar-refractivity contribution >= 4 is 39.4 Å². The maximum atomic E-state index is 14.5. The molecule has 1 saturated heterocycles. The summed E-state index contributed by atoms with van der Waals surface area (Å²) in [5.41, 5.74) is 0.787. The number of ether oxygens (including phenoxy) is 1. The molecule has 1 N–H and O–H groups in total. The molecule has 2 aromatic heterocycles. The SMILES string of the molecule is CS(=O)c1ccc(Nc2ncnc3c2cnn3C2CCN(C(=O)OCC(C)(C)C)CC2)c(F)c1. The van der Waals surface area contributed by atoms with Crippen LogP contribution in [0.4, 0.5) is 20.7 Å². The molecular weight excluding hydrogens is 459 g/mol. The van der Waals surface area contributed by atoms with Crippen LogP contribution in [0.15, 0.2) is 35.6 Å². The fourth-order valence-electron chi connectivity index (χ4n) is 3.80. The second kappa shape index (κ2) is 9.65. The van der Waals surface area contributed by atoms with Crippen molar-refractivity contribution in [3.8, 4) is 0 Å². The number of hydrogen-bond donors (Lipinski definition) is 1. The number of halogens is 1. The number of aromatic nitrogens is 4. The average Bonchev–Trinajstić information content (AvgIpc) is 3.23. The highest BCUT2D eigenvalue weighted by Gasteiger charge is 2.27. The Labute approximate surface area is 200 Å². The summed E-state index contributed by atoms with van der Waals surface area (Å²) in [6, 6.07) is 4.48. The number of nitrogens with one attached hydrogen (secondary N) is 1. The predicted octanol–water partition coefficient (Wildman–Crippen LogP) is 4.27. The van der Waals surface area contributed by atoms with Crippen LogP contribution in [0, 0.1) is 11.2 Å². The fraction of sp³-hybridized carbons (Fsp3) is 0.478. The first-order chi connectivity index (χ1) is 16.1. The lowest BCUT2D eigenvalue weighted by molar-refractivity contribution is 0.0622. The number of anilines is 2. The van der Waals surface area contributed by atoms with Crippen molar-refractivity contribution in [2.24, 2.45) is 5.41 Å². The van der Waals surface area contributed by atoms with E-state index < -0.39 is 16.6 Å². The molecular formula is C23H29FN6O3S. The molecule has 1 aromatic carbocycles. The highest BCUT2D eigenvalue weighted by Crippen LogP contribution is 2.30.